The van der Waals surface area contributed by atoms with Crippen LogP contribution in [0.25, 0.3) is 0 Å². The van der Waals surface area contributed by atoms with Gasteiger partial charge in [-0.15, -0.1) is 0 Å². The number of anilines is 2. The fourth-order valence-electron chi connectivity index (χ4n) is 2.75. The van der Waals surface area contributed by atoms with Crippen molar-refractivity contribution in [1.82, 2.24) is 15.4 Å². The van der Waals surface area contributed by atoms with E-state index in [2.05, 4.69) is 14.9 Å². The van der Waals surface area contributed by atoms with E-state index in [1.807, 2.05) is 36.5 Å². The number of hydrogen-bond donors (Lipinski definition) is 2. The number of rotatable bonds is 3. The minimum Gasteiger partial charge on any atom is -0.334 e. The molecule has 0 saturated carbocycles. The van der Waals surface area contributed by atoms with E-state index >= 15 is 0 Å². The van der Waals surface area contributed by atoms with Crippen LogP contribution in [0.1, 0.15) is 15.9 Å². The molecule has 2 aromatic heterocycles. The quantitative estimate of drug-likeness (QED) is 0.557. The zero-order valence-corrected chi connectivity index (χ0v) is 13.9. The van der Waals surface area contributed by atoms with E-state index in [0.29, 0.717) is 12.1 Å². The number of nitrogens with zero attached hydrogens (tertiary/aromatic N) is 3. The molecule has 0 fully saturated rings. The number of nitrogens with one attached hydrogen (secondary N) is 1. The average Bonchev–Trinajstić information content (AvgIpc) is 2.67. The lowest BCUT2D eigenvalue weighted by Gasteiger charge is -2.31. The van der Waals surface area contributed by atoms with Gasteiger partial charge in [-0.3, -0.25) is 15.0 Å². The summed E-state index contributed by atoms with van der Waals surface area (Å²) in [5.41, 5.74) is 5.22. The molecule has 25 heavy (non-hydrogen) atoms. The highest BCUT2D eigenvalue weighted by Gasteiger charge is 2.24. The van der Waals surface area contributed by atoms with Crippen LogP contribution in [-0.4, -0.2) is 21.1 Å². The van der Waals surface area contributed by atoms with E-state index in [9.17, 15) is 4.79 Å². The second kappa shape index (κ2) is 6.54. The average molecular weight is 350 g/mol. The van der Waals surface area contributed by atoms with Gasteiger partial charge in [0.15, 0.2) is 0 Å². The first-order valence-electron chi connectivity index (χ1n) is 7.64. The molecular weight excluding hydrogens is 336 g/mol. The maximum absolute atomic E-state index is 11.5. The van der Waals surface area contributed by atoms with Crippen molar-refractivity contribution < 1.29 is 10.0 Å². The first kappa shape index (κ1) is 15.6. The van der Waals surface area contributed by atoms with Gasteiger partial charge in [-0.05, 0) is 35.9 Å². The number of pyridine rings is 2. The van der Waals surface area contributed by atoms with Gasteiger partial charge in [0.2, 0.25) is 0 Å². The zero-order chi connectivity index (χ0) is 17.2. The summed E-state index contributed by atoms with van der Waals surface area (Å²) < 4.78 is 0. The van der Waals surface area contributed by atoms with Crippen molar-refractivity contribution >= 4 is 29.0 Å². The molecule has 1 aliphatic rings. The molecule has 7 heteroatoms. The molecule has 6 nitrogen and oxygen atoms in total. The third-order valence-electron chi connectivity index (χ3n) is 3.96. The van der Waals surface area contributed by atoms with Crippen LogP contribution in [0.3, 0.4) is 0 Å². The van der Waals surface area contributed by atoms with Gasteiger partial charge in [0, 0.05) is 30.7 Å². The van der Waals surface area contributed by atoms with Crippen LogP contribution in [0.4, 0.5) is 11.4 Å². The summed E-state index contributed by atoms with van der Waals surface area (Å²) in [4.78, 5) is 23.4. The van der Waals surface area contributed by atoms with Crippen molar-refractivity contribution in [3.63, 3.8) is 0 Å². The highest BCUT2D eigenvalue weighted by Crippen LogP contribution is 2.46. The van der Waals surface area contributed by atoms with E-state index < -0.39 is 5.91 Å². The molecule has 1 amide bonds. The smallest absolute Gasteiger partial charge is 0.274 e. The van der Waals surface area contributed by atoms with Gasteiger partial charge < -0.3 is 4.90 Å². The van der Waals surface area contributed by atoms with Crippen molar-refractivity contribution in [2.45, 2.75) is 16.5 Å². The number of carbonyl (C=O) groups excluding carboxylic acids is 1. The maximum atomic E-state index is 11.5. The van der Waals surface area contributed by atoms with Crippen molar-refractivity contribution in [2.24, 2.45) is 0 Å². The second-order valence-corrected chi connectivity index (χ2v) is 6.53. The standard InChI is InChI=1S/C18H14N4O2S/c23-17(21-24)13-5-3-12(4-6-13)11-22-14-7-9-19-10-16(14)25-18-15(22)2-1-8-20-18/h1-10,24H,11H2,(H,21,23). The largest absolute Gasteiger partial charge is 0.334 e. The van der Waals surface area contributed by atoms with Gasteiger partial charge in [-0.2, -0.15) is 0 Å². The van der Waals surface area contributed by atoms with E-state index in [0.717, 1.165) is 26.9 Å². The van der Waals surface area contributed by atoms with Crippen LogP contribution in [0.5, 0.6) is 0 Å². The van der Waals surface area contributed by atoms with E-state index in [1.54, 1.807) is 41.8 Å². The lowest BCUT2D eigenvalue weighted by molar-refractivity contribution is 0.0706. The Morgan fingerprint density at radius 3 is 2.76 bits per heavy atom. The van der Waals surface area contributed by atoms with E-state index in [-0.39, 0.29) is 0 Å². The van der Waals surface area contributed by atoms with Crippen molar-refractivity contribution in [1.29, 1.82) is 0 Å². The molecule has 0 spiro atoms. The van der Waals surface area contributed by atoms with Crippen LogP contribution in [0.2, 0.25) is 0 Å². The molecule has 0 saturated heterocycles. The molecule has 3 heterocycles. The molecule has 1 aromatic carbocycles. The van der Waals surface area contributed by atoms with Gasteiger partial charge in [-0.25, -0.2) is 10.5 Å². The summed E-state index contributed by atoms with van der Waals surface area (Å²) in [6, 6.07) is 13.1. The van der Waals surface area contributed by atoms with Crippen LogP contribution < -0.4 is 10.4 Å². The fourth-order valence-corrected chi connectivity index (χ4v) is 3.75. The lowest BCUT2D eigenvalue weighted by atomic mass is 10.1. The van der Waals surface area contributed by atoms with Gasteiger partial charge in [0.1, 0.15) is 5.03 Å². The molecule has 4 rings (SSSR count). The van der Waals surface area contributed by atoms with Crippen molar-refractivity contribution in [3.8, 4) is 0 Å². The van der Waals surface area contributed by atoms with Gasteiger partial charge in [0.05, 0.1) is 16.3 Å². The third kappa shape index (κ3) is 2.95. The first-order valence-corrected chi connectivity index (χ1v) is 8.46. The predicted octanol–water partition coefficient (Wildman–Crippen LogP) is 3.40. The highest BCUT2D eigenvalue weighted by molar-refractivity contribution is 7.99. The van der Waals surface area contributed by atoms with E-state index in [1.165, 1.54) is 0 Å². The fraction of sp³-hybridized carbons (Fsp3) is 0.0556. The summed E-state index contributed by atoms with van der Waals surface area (Å²) in [6.07, 6.45) is 5.41. The van der Waals surface area contributed by atoms with Crippen LogP contribution in [-0.2, 0) is 6.54 Å². The highest BCUT2D eigenvalue weighted by atomic mass is 32.2. The molecule has 2 N–H and O–H groups in total. The van der Waals surface area contributed by atoms with Gasteiger partial charge >= 0.3 is 0 Å². The Morgan fingerprint density at radius 2 is 1.96 bits per heavy atom. The lowest BCUT2D eigenvalue weighted by Crippen LogP contribution is -2.21. The van der Waals surface area contributed by atoms with Crippen LogP contribution in [0.15, 0.2) is 71.0 Å². The van der Waals surface area contributed by atoms with Crippen molar-refractivity contribution in [3.05, 3.63) is 72.2 Å². The predicted molar refractivity (Wildman–Crippen MR) is 94.1 cm³/mol. The molecule has 1 aliphatic heterocycles. The zero-order valence-electron chi connectivity index (χ0n) is 13.1. The van der Waals surface area contributed by atoms with Crippen LogP contribution >= 0.6 is 11.8 Å². The first-order chi connectivity index (χ1) is 12.3. The Hall–Kier alpha value is -2.90. The van der Waals surface area contributed by atoms with Gasteiger partial charge in [0.25, 0.3) is 5.91 Å². The number of aromatic nitrogens is 2. The molecule has 0 bridgehead atoms. The molecule has 3 aromatic rings. The second-order valence-electron chi connectivity index (χ2n) is 5.50. The molecule has 124 valence electrons. The number of hydroxylamine groups is 1. The summed E-state index contributed by atoms with van der Waals surface area (Å²) in [7, 11) is 0. The normalized spacial score (nSPS) is 12.3. The molecular formula is C18H14N4O2S. The number of benzene rings is 1. The number of amides is 1. The SMILES string of the molecule is O=C(NO)c1ccc(CN2c3ccncc3Sc3ncccc32)cc1. The molecule has 0 unspecified atom stereocenters. The number of hydrogen-bond acceptors (Lipinski definition) is 6. The Balaban J connectivity index is 1.69. The summed E-state index contributed by atoms with van der Waals surface area (Å²) in [6.45, 7) is 0.636. The molecule has 0 radical (unpaired) electrons. The summed E-state index contributed by atoms with van der Waals surface area (Å²) in [5.74, 6) is -0.521. The Labute approximate surface area is 148 Å². The monoisotopic (exact) mass is 350 g/mol. The van der Waals surface area contributed by atoms with Crippen LogP contribution in [0, 0.1) is 0 Å². The van der Waals surface area contributed by atoms with Gasteiger partial charge in [-0.1, -0.05) is 23.9 Å². The minimum absolute atomic E-state index is 0.409. The molecule has 0 atom stereocenters. The number of fused-ring (bicyclic) bond motifs is 2. The van der Waals surface area contributed by atoms with Crippen molar-refractivity contribution in [2.75, 3.05) is 4.90 Å². The Bertz CT molecular complexity index is 885. The number of carbonyl (C=O) groups is 1. The Kier molecular flexibility index (Phi) is 4.09. The summed E-state index contributed by atoms with van der Waals surface area (Å²) in [5, 5.41) is 9.66. The minimum atomic E-state index is -0.521. The maximum Gasteiger partial charge on any atom is 0.274 e. The van der Waals surface area contributed by atoms with E-state index in [4.69, 9.17) is 5.21 Å². The summed E-state index contributed by atoms with van der Waals surface area (Å²) >= 11 is 1.61. The topological polar surface area (TPSA) is 78.4 Å². The Morgan fingerprint density at radius 1 is 1.12 bits per heavy atom. The molecule has 0 aliphatic carbocycles. The third-order valence-corrected chi connectivity index (χ3v) is 5.00.